The van der Waals surface area contributed by atoms with E-state index >= 15 is 0 Å². The highest BCUT2D eigenvalue weighted by Gasteiger charge is 2.37. The lowest BCUT2D eigenvalue weighted by molar-refractivity contribution is -0.125. The number of hydrogen-bond acceptors (Lipinski definition) is 4. The van der Waals surface area contributed by atoms with Crippen LogP contribution in [0.2, 0.25) is 0 Å². The topological polar surface area (TPSA) is 66.5 Å². The highest BCUT2D eigenvalue weighted by atomic mass is 32.2. The standard InChI is InChI=1S/C18H22N2O3S2/c1-2-25(22,23)20-13-15-7-4-3-6-14(15)12-17(20)18(21)19-10-9-16-8-5-11-24-16/h3-8,11,17H,2,9-10,12-13H2,1H3,(H,19,21)/t17-/m0/s1. The summed E-state index contributed by atoms with van der Waals surface area (Å²) in [5.41, 5.74) is 2.02. The van der Waals surface area contributed by atoms with Crippen LogP contribution in [0.4, 0.5) is 0 Å². The number of sulfonamides is 1. The minimum Gasteiger partial charge on any atom is -0.354 e. The Hall–Kier alpha value is -1.70. The third kappa shape index (κ3) is 4.11. The van der Waals surface area contributed by atoms with Crippen molar-refractivity contribution in [1.29, 1.82) is 0 Å². The molecule has 134 valence electrons. The van der Waals surface area contributed by atoms with Gasteiger partial charge < -0.3 is 5.32 Å². The Morgan fingerprint density at radius 2 is 2.00 bits per heavy atom. The zero-order valence-corrected chi connectivity index (χ0v) is 15.8. The van der Waals surface area contributed by atoms with Gasteiger partial charge in [-0.1, -0.05) is 30.3 Å². The Balaban J connectivity index is 1.75. The van der Waals surface area contributed by atoms with E-state index in [2.05, 4.69) is 5.32 Å². The van der Waals surface area contributed by atoms with Gasteiger partial charge in [-0.2, -0.15) is 4.31 Å². The number of amides is 1. The van der Waals surface area contributed by atoms with Gasteiger partial charge in [0.25, 0.3) is 0 Å². The quantitative estimate of drug-likeness (QED) is 0.838. The molecule has 25 heavy (non-hydrogen) atoms. The molecule has 0 saturated carbocycles. The van der Waals surface area contributed by atoms with E-state index in [4.69, 9.17) is 0 Å². The number of carbonyl (C=O) groups excluding carboxylic acids is 1. The predicted molar refractivity (Wildman–Crippen MR) is 100.0 cm³/mol. The number of fused-ring (bicyclic) bond motifs is 1. The predicted octanol–water partition coefficient (Wildman–Crippen LogP) is 2.18. The molecule has 2 heterocycles. The maximum atomic E-state index is 12.7. The molecule has 0 fully saturated rings. The molecule has 0 spiro atoms. The van der Waals surface area contributed by atoms with E-state index in [0.717, 1.165) is 17.5 Å². The van der Waals surface area contributed by atoms with E-state index in [1.165, 1.54) is 9.18 Å². The fourth-order valence-electron chi connectivity index (χ4n) is 3.06. The van der Waals surface area contributed by atoms with E-state index in [1.807, 2.05) is 41.8 Å². The van der Waals surface area contributed by atoms with Crippen molar-refractivity contribution in [2.45, 2.75) is 32.4 Å². The molecule has 5 nitrogen and oxygen atoms in total. The van der Waals surface area contributed by atoms with Gasteiger partial charge in [0.1, 0.15) is 6.04 Å². The van der Waals surface area contributed by atoms with Crippen LogP contribution < -0.4 is 5.32 Å². The molecule has 1 atom stereocenters. The number of thiophene rings is 1. The van der Waals surface area contributed by atoms with E-state index in [-0.39, 0.29) is 18.2 Å². The van der Waals surface area contributed by atoms with Crippen LogP contribution in [0.15, 0.2) is 41.8 Å². The van der Waals surface area contributed by atoms with Crippen molar-refractivity contribution >= 4 is 27.3 Å². The summed E-state index contributed by atoms with van der Waals surface area (Å²) in [4.78, 5) is 13.9. The Bertz CT molecular complexity index is 832. The van der Waals surface area contributed by atoms with Gasteiger partial charge in [0, 0.05) is 18.0 Å². The SMILES string of the molecule is CCS(=O)(=O)N1Cc2ccccc2C[C@H]1C(=O)NCCc1cccs1. The lowest BCUT2D eigenvalue weighted by Gasteiger charge is -2.34. The van der Waals surface area contributed by atoms with E-state index in [0.29, 0.717) is 13.0 Å². The molecule has 0 saturated heterocycles. The molecule has 0 aliphatic carbocycles. The third-order valence-corrected chi connectivity index (χ3v) is 7.24. The molecule has 1 N–H and O–H groups in total. The highest BCUT2D eigenvalue weighted by Crippen LogP contribution is 2.26. The number of carbonyl (C=O) groups is 1. The first-order chi connectivity index (χ1) is 12.0. The Morgan fingerprint density at radius 1 is 1.24 bits per heavy atom. The second-order valence-corrected chi connectivity index (χ2v) is 9.30. The Morgan fingerprint density at radius 3 is 2.68 bits per heavy atom. The summed E-state index contributed by atoms with van der Waals surface area (Å²) < 4.78 is 26.3. The minimum absolute atomic E-state index is 0.00581. The zero-order valence-electron chi connectivity index (χ0n) is 14.1. The molecule has 1 aliphatic heterocycles. The van der Waals surface area contributed by atoms with Crippen LogP contribution in [-0.4, -0.2) is 37.0 Å². The minimum atomic E-state index is -3.45. The van der Waals surface area contributed by atoms with E-state index in [9.17, 15) is 13.2 Å². The summed E-state index contributed by atoms with van der Waals surface area (Å²) in [6, 6.07) is 11.1. The van der Waals surface area contributed by atoms with Crippen molar-refractivity contribution in [1.82, 2.24) is 9.62 Å². The number of nitrogens with one attached hydrogen (secondary N) is 1. The van der Waals surface area contributed by atoms with Crippen LogP contribution in [-0.2, 0) is 34.2 Å². The summed E-state index contributed by atoms with van der Waals surface area (Å²) in [7, 11) is -3.45. The molecule has 1 amide bonds. The molecule has 7 heteroatoms. The molecule has 0 radical (unpaired) electrons. The average molecular weight is 379 g/mol. The van der Waals surface area contributed by atoms with Gasteiger partial charge in [-0.15, -0.1) is 11.3 Å². The summed E-state index contributed by atoms with van der Waals surface area (Å²) in [6.07, 6.45) is 1.17. The number of rotatable bonds is 6. The maximum absolute atomic E-state index is 12.7. The van der Waals surface area contributed by atoms with Crippen molar-refractivity contribution in [3.05, 3.63) is 57.8 Å². The molecule has 1 aromatic heterocycles. The summed E-state index contributed by atoms with van der Waals surface area (Å²) in [6.45, 7) is 2.38. The van der Waals surface area contributed by atoms with Gasteiger partial charge in [-0.25, -0.2) is 8.42 Å². The normalized spacial score (nSPS) is 17.9. The van der Waals surface area contributed by atoms with Crippen molar-refractivity contribution in [2.75, 3.05) is 12.3 Å². The van der Waals surface area contributed by atoms with Gasteiger partial charge in [0.15, 0.2) is 0 Å². The smallest absolute Gasteiger partial charge is 0.238 e. The van der Waals surface area contributed by atoms with Crippen LogP contribution >= 0.6 is 11.3 Å². The largest absolute Gasteiger partial charge is 0.354 e. The lowest BCUT2D eigenvalue weighted by Crippen LogP contribution is -2.53. The maximum Gasteiger partial charge on any atom is 0.238 e. The van der Waals surface area contributed by atoms with Crippen molar-refractivity contribution in [3.8, 4) is 0 Å². The van der Waals surface area contributed by atoms with Crippen molar-refractivity contribution < 1.29 is 13.2 Å². The van der Waals surface area contributed by atoms with Gasteiger partial charge in [0.2, 0.25) is 15.9 Å². The van der Waals surface area contributed by atoms with Crippen LogP contribution in [0, 0.1) is 0 Å². The molecule has 2 aromatic rings. The number of benzene rings is 1. The highest BCUT2D eigenvalue weighted by molar-refractivity contribution is 7.89. The van der Waals surface area contributed by atoms with Gasteiger partial charge in [-0.05, 0) is 42.3 Å². The average Bonchev–Trinajstić information content (AvgIpc) is 3.14. The Kier molecular flexibility index (Phi) is 5.56. The zero-order chi connectivity index (χ0) is 17.9. The lowest BCUT2D eigenvalue weighted by atomic mass is 9.95. The molecule has 0 unspecified atom stereocenters. The second kappa shape index (κ2) is 7.68. The van der Waals surface area contributed by atoms with E-state index in [1.54, 1.807) is 18.3 Å². The molecular formula is C18H22N2O3S2. The summed E-state index contributed by atoms with van der Waals surface area (Å²) in [5.74, 6) is -0.225. The molecule has 0 bridgehead atoms. The second-order valence-electron chi connectivity index (χ2n) is 6.05. The number of hydrogen-bond donors (Lipinski definition) is 1. The first-order valence-electron chi connectivity index (χ1n) is 8.37. The molecule has 1 aliphatic rings. The van der Waals surface area contributed by atoms with Gasteiger partial charge in [-0.3, -0.25) is 4.79 Å². The fraction of sp³-hybridized carbons (Fsp3) is 0.389. The fourth-order valence-corrected chi connectivity index (χ4v) is 5.00. The van der Waals surface area contributed by atoms with E-state index < -0.39 is 16.1 Å². The van der Waals surface area contributed by atoms with Crippen LogP contribution in [0.25, 0.3) is 0 Å². The molecule has 1 aromatic carbocycles. The van der Waals surface area contributed by atoms with Crippen molar-refractivity contribution in [3.63, 3.8) is 0 Å². The van der Waals surface area contributed by atoms with Gasteiger partial charge >= 0.3 is 0 Å². The summed E-state index contributed by atoms with van der Waals surface area (Å²) >= 11 is 1.65. The van der Waals surface area contributed by atoms with Crippen LogP contribution in [0.1, 0.15) is 22.9 Å². The van der Waals surface area contributed by atoms with Crippen molar-refractivity contribution in [2.24, 2.45) is 0 Å². The Labute approximate surface area is 152 Å². The van der Waals surface area contributed by atoms with Crippen LogP contribution in [0.5, 0.6) is 0 Å². The molecular weight excluding hydrogens is 356 g/mol. The molecule has 3 rings (SSSR count). The van der Waals surface area contributed by atoms with Crippen LogP contribution in [0.3, 0.4) is 0 Å². The summed E-state index contributed by atoms with van der Waals surface area (Å²) in [5, 5.41) is 4.91. The first-order valence-corrected chi connectivity index (χ1v) is 10.9. The third-order valence-electron chi connectivity index (χ3n) is 4.48. The first kappa shape index (κ1) is 18.1. The monoisotopic (exact) mass is 378 g/mol. The van der Waals surface area contributed by atoms with Gasteiger partial charge in [0.05, 0.1) is 5.75 Å². The number of nitrogens with zero attached hydrogens (tertiary/aromatic N) is 1.